The Kier molecular flexibility index (Phi) is 9.89. The summed E-state index contributed by atoms with van der Waals surface area (Å²) in [5.41, 5.74) is 2.35. The number of ether oxygens (including phenoxy) is 1. The zero-order valence-corrected chi connectivity index (χ0v) is 22.1. The van der Waals surface area contributed by atoms with E-state index in [9.17, 15) is 9.59 Å². The second-order valence-electron chi connectivity index (χ2n) is 10.5. The number of morpholine rings is 1. The lowest BCUT2D eigenvalue weighted by molar-refractivity contribution is -0.127. The van der Waals surface area contributed by atoms with Gasteiger partial charge in [0.2, 0.25) is 0 Å². The van der Waals surface area contributed by atoms with Gasteiger partial charge in [0.1, 0.15) is 0 Å². The van der Waals surface area contributed by atoms with Crippen molar-refractivity contribution in [2.24, 2.45) is 10.8 Å². The maximum Gasteiger partial charge on any atom is 0.184 e. The molecule has 1 aromatic carbocycles. The molecule has 0 spiro atoms. The van der Waals surface area contributed by atoms with Crippen LogP contribution in [0.1, 0.15) is 52.4 Å². The van der Waals surface area contributed by atoms with Crippen LogP contribution in [0.2, 0.25) is 0 Å². The molecule has 0 bridgehead atoms. The summed E-state index contributed by atoms with van der Waals surface area (Å²) in [5, 5.41) is 3.31. The van der Waals surface area contributed by atoms with Crippen molar-refractivity contribution in [3.63, 3.8) is 0 Å². The Morgan fingerprint density at radius 2 is 1.50 bits per heavy atom. The quantitative estimate of drug-likeness (QED) is 0.445. The highest BCUT2D eigenvalue weighted by Crippen LogP contribution is 2.37. The number of ketones is 2. The maximum atomic E-state index is 12.5. The first-order valence-electron chi connectivity index (χ1n) is 13.2. The first-order chi connectivity index (χ1) is 17.3. The molecule has 4 rings (SSSR count). The summed E-state index contributed by atoms with van der Waals surface area (Å²) >= 11 is 0. The number of nitrogens with zero attached hydrogens (tertiary/aromatic N) is 1. The van der Waals surface area contributed by atoms with E-state index < -0.39 is 0 Å². The number of hydrogen-bond donors (Lipinski definition) is 1. The molecule has 1 aliphatic heterocycles. The lowest BCUT2D eigenvalue weighted by atomic mass is 9.72. The van der Waals surface area contributed by atoms with Crippen molar-refractivity contribution in [2.45, 2.75) is 52.4 Å². The van der Waals surface area contributed by atoms with Crippen LogP contribution in [-0.2, 0) is 14.3 Å². The van der Waals surface area contributed by atoms with Gasteiger partial charge in [-0.1, -0.05) is 56.4 Å². The summed E-state index contributed by atoms with van der Waals surface area (Å²) in [6.07, 6.45) is 13.2. The Bertz CT molecular complexity index is 990. The van der Waals surface area contributed by atoms with Crippen molar-refractivity contribution in [2.75, 3.05) is 38.2 Å². The van der Waals surface area contributed by atoms with Crippen LogP contribution in [-0.4, -0.2) is 49.3 Å². The lowest BCUT2D eigenvalue weighted by Crippen LogP contribution is -2.43. The molecule has 1 heterocycles. The van der Waals surface area contributed by atoms with Crippen molar-refractivity contribution in [3.8, 4) is 0 Å². The number of allylic oxidation sites excluding steroid dienone is 5. The van der Waals surface area contributed by atoms with E-state index in [1.54, 1.807) is 0 Å². The average molecular weight is 491 g/mol. The number of Topliss-reactive ketones (excluding diaryl/α,β-unsaturated/α-hetero) is 2. The Labute approximate surface area is 217 Å². The number of nitrogens with one attached hydrogen (secondary N) is 1. The summed E-state index contributed by atoms with van der Waals surface area (Å²) in [7, 11) is 0. The minimum absolute atomic E-state index is 0.246. The summed E-state index contributed by atoms with van der Waals surface area (Å²) in [6, 6.07) is 9.98. The number of para-hydroxylation sites is 1. The topological polar surface area (TPSA) is 58.6 Å². The van der Waals surface area contributed by atoms with Crippen molar-refractivity contribution >= 4 is 17.3 Å². The Morgan fingerprint density at radius 3 is 2.11 bits per heavy atom. The minimum atomic E-state index is -0.260. The highest BCUT2D eigenvalue weighted by molar-refractivity contribution is 6.01. The molecular weight excluding hydrogens is 448 g/mol. The van der Waals surface area contributed by atoms with Crippen molar-refractivity contribution in [3.05, 3.63) is 79.1 Å². The van der Waals surface area contributed by atoms with Crippen LogP contribution in [0.25, 0.3) is 0 Å². The van der Waals surface area contributed by atoms with Gasteiger partial charge in [-0.2, -0.15) is 0 Å². The number of anilines is 1. The standard InChI is InChI=1S/C17H21NO.C14H21NO2/c1-3-11-17(2)12-7-8-14(16(17)19)13-18-15-9-5-4-6-10-15;1-3-6-14(2)7-4-5-12(13(14)16)15-8-10-17-11-9-15/h3-6,8-10,18H,1,7,11-13H2,2H3;3,5H,1,4,6-11H2,2H3/t17-;14-/m11/s1. The van der Waals surface area contributed by atoms with E-state index in [4.69, 9.17) is 4.74 Å². The Balaban J connectivity index is 0.000000202. The SMILES string of the molecule is C=CC[C@]1(C)CCC=C(CNc2ccccc2)C1=O.C=CC[C@]1(C)CCC=C(N2CCOCC2)C1=O. The molecule has 194 valence electrons. The molecule has 5 heteroatoms. The van der Waals surface area contributed by atoms with E-state index in [1.807, 2.05) is 49.4 Å². The predicted octanol–water partition coefficient (Wildman–Crippen LogP) is 6.12. The van der Waals surface area contributed by atoms with Crippen LogP contribution in [0.15, 0.2) is 79.1 Å². The summed E-state index contributed by atoms with van der Waals surface area (Å²) in [5.74, 6) is 0.549. The molecule has 36 heavy (non-hydrogen) atoms. The molecule has 1 aromatic rings. The maximum absolute atomic E-state index is 12.5. The van der Waals surface area contributed by atoms with Gasteiger partial charge >= 0.3 is 0 Å². The molecule has 2 aliphatic carbocycles. The van der Waals surface area contributed by atoms with Crippen LogP contribution in [0.5, 0.6) is 0 Å². The Hall–Kier alpha value is -2.92. The molecule has 0 saturated carbocycles. The molecule has 1 fully saturated rings. The van der Waals surface area contributed by atoms with Crippen LogP contribution >= 0.6 is 0 Å². The lowest BCUT2D eigenvalue weighted by Gasteiger charge is -2.38. The van der Waals surface area contributed by atoms with Crippen molar-refractivity contribution in [1.29, 1.82) is 0 Å². The molecule has 0 radical (unpaired) electrons. The van der Waals surface area contributed by atoms with Gasteiger partial charge in [0.05, 0.1) is 18.9 Å². The highest BCUT2D eigenvalue weighted by atomic mass is 16.5. The van der Waals surface area contributed by atoms with Crippen LogP contribution in [0.3, 0.4) is 0 Å². The van der Waals surface area contributed by atoms with Gasteiger partial charge in [-0.3, -0.25) is 9.59 Å². The van der Waals surface area contributed by atoms with Gasteiger partial charge in [-0.05, 0) is 50.7 Å². The summed E-state index contributed by atoms with van der Waals surface area (Å²) < 4.78 is 5.33. The van der Waals surface area contributed by atoms with Crippen molar-refractivity contribution < 1.29 is 14.3 Å². The highest BCUT2D eigenvalue weighted by Gasteiger charge is 2.38. The summed E-state index contributed by atoms with van der Waals surface area (Å²) in [6.45, 7) is 15.4. The smallest absolute Gasteiger partial charge is 0.184 e. The monoisotopic (exact) mass is 490 g/mol. The number of carbonyl (C=O) groups excluding carboxylic acids is 2. The van der Waals surface area contributed by atoms with Gasteiger partial charge in [0.15, 0.2) is 11.6 Å². The first kappa shape index (κ1) is 27.7. The predicted molar refractivity (Wildman–Crippen MR) is 148 cm³/mol. The van der Waals surface area contributed by atoms with Gasteiger partial charge in [0, 0.05) is 41.7 Å². The Morgan fingerprint density at radius 1 is 0.917 bits per heavy atom. The third kappa shape index (κ3) is 6.85. The third-order valence-corrected chi connectivity index (χ3v) is 7.54. The molecule has 0 aromatic heterocycles. The molecule has 0 amide bonds. The van der Waals surface area contributed by atoms with Gasteiger partial charge < -0.3 is 15.0 Å². The number of hydrogen-bond acceptors (Lipinski definition) is 5. The normalized spacial score (nSPS) is 26.2. The van der Waals surface area contributed by atoms with Gasteiger partial charge in [-0.25, -0.2) is 0 Å². The van der Waals surface area contributed by atoms with Gasteiger partial charge in [-0.15, -0.1) is 13.2 Å². The van der Waals surface area contributed by atoms with E-state index >= 15 is 0 Å². The summed E-state index contributed by atoms with van der Waals surface area (Å²) in [4.78, 5) is 27.2. The molecule has 5 nitrogen and oxygen atoms in total. The van der Waals surface area contributed by atoms with Crippen LogP contribution in [0.4, 0.5) is 5.69 Å². The van der Waals surface area contributed by atoms with E-state index in [2.05, 4.69) is 42.5 Å². The van der Waals surface area contributed by atoms with Gasteiger partial charge in [0.25, 0.3) is 0 Å². The second-order valence-corrected chi connectivity index (χ2v) is 10.5. The van der Waals surface area contributed by atoms with E-state index in [1.165, 1.54) is 0 Å². The van der Waals surface area contributed by atoms with Crippen molar-refractivity contribution in [1.82, 2.24) is 4.90 Å². The molecule has 2 atom stereocenters. The molecule has 0 unspecified atom stereocenters. The van der Waals surface area contributed by atoms with E-state index in [0.29, 0.717) is 6.54 Å². The molecule has 1 saturated heterocycles. The third-order valence-electron chi connectivity index (χ3n) is 7.54. The molecule has 1 N–H and O–H groups in total. The number of benzene rings is 1. The fourth-order valence-electron chi connectivity index (χ4n) is 5.21. The fraction of sp³-hybridized carbons (Fsp3) is 0.484. The number of carbonyl (C=O) groups is 2. The second kappa shape index (κ2) is 12.9. The molecule has 3 aliphatic rings. The molecular formula is C31H42N2O3. The zero-order chi connectivity index (χ0) is 26.0. The average Bonchev–Trinajstić information content (AvgIpc) is 2.89. The fourth-order valence-corrected chi connectivity index (χ4v) is 5.21. The number of rotatable bonds is 8. The zero-order valence-electron chi connectivity index (χ0n) is 22.1. The minimum Gasteiger partial charge on any atom is -0.381 e. The van der Waals surface area contributed by atoms with E-state index in [0.717, 1.165) is 81.8 Å². The van der Waals surface area contributed by atoms with Crippen LogP contribution < -0.4 is 5.32 Å². The first-order valence-corrected chi connectivity index (χ1v) is 13.2. The largest absolute Gasteiger partial charge is 0.381 e. The van der Waals surface area contributed by atoms with Crippen LogP contribution in [0, 0.1) is 10.8 Å². The van der Waals surface area contributed by atoms with E-state index in [-0.39, 0.29) is 22.4 Å².